The first-order chi connectivity index (χ1) is 15.8. The van der Waals surface area contributed by atoms with E-state index in [0.29, 0.717) is 5.92 Å². The van der Waals surface area contributed by atoms with Gasteiger partial charge >= 0.3 is 5.97 Å². The highest BCUT2D eigenvalue weighted by atomic mass is 16.5. The molecule has 0 saturated heterocycles. The normalized spacial score (nSPS) is 40.3. The Bertz CT molecular complexity index is 1250. The minimum Gasteiger partial charge on any atom is -0.458 e. The average Bonchev–Trinajstić information content (AvgIpc) is 3.60. The second-order valence-corrected chi connectivity index (χ2v) is 11.2. The fourth-order valence-electron chi connectivity index (χ4n) is 9.15. The number of carbonyl (C=O) groups is 1. The number of fused-ring (bicyclic) bond motifs is 13. The standard InChI is InChI=1S/C30H28O2/c31-30(29-21-7-3-1-5-16(21)11-17-6-2-4-8-22(17)29)32-26-14-20-13-24(26)25-15-23-18-9-10-19(12-18)27(23)28(20)25/h1-11,18-20,23-28H,12-15H2. The van der Waals surface area contributed by atoms with E-state index in [0.717, 1.165) is 75.0 Å². The summed E-state index contributed by atoms with van der Waals surface area (Å²) in [7, 11) is 0. The van der Waals surface area contributed by atoms with Crippen molar-refractivity contribution in [3.8, 4) is 0 Å². The second kappa shape index (κ2) is 6.25. The van der Waals surface area contributed by atoms with Gasteiger partial charge in [0.2, 0.25) is 0 Å². The Balaban J connectivity index is 1.12. The lowest BCUT2D eigenvalue weighted by Gasteiger charge is -2.35. The lowest BCUT2D eigenvalue weighted by Crippen LogP contribution is -2.34. The van der Waals surface area contributed by atoms with Crippen LogP contribution >= 0.6 is 0 Å². The van der Waals surface area contributed by atoms with Gasteiger partial charge in [-0.25, -0.2) is 4.79 Å². The molecule has 8 rings (SSSR count). The highest BCUT2D eigenvalue weighted by molar-refractivity contribution is 6.16. The molecule has 0 radical (unpaired) electrons. The molecule has 0 amide bonds. The summed E-state index contributed by atoms with van der Waals surface area (Å²) < 4.78 is 6.39. The van der Waals surface area contributed by atoms with Gasteiger partial charge in [-0.15, -0.1) is 0 Å². The van der Waals surface area contributed by atoms with E-state index in [9.17, 15) is 4.79 Å². The van der Waals surface area contributed by atoms with Crippen LogP contribution < -0.4 is 0 Å². The van der Waals surface area contributed by atoms with Crippen molar-refractivity contribution < 1.29 is 9.53 Å². The highest BCUT2D eigenvalue weighted by Crippen LogP contribution is 2.69. The van der Waals surface area contributed by atoms with Gasteiger partial charge in [-0.1, -0.05) is 60.7 Å². The Morgan fingerprint density at radius 3 is 2.22 bits per heavy atom. The van der Waals surface area contributed by atoms with Crippen molar-refractivity contribution in [2.24, 2.45) is 47.3 Å². The van der Waals surface area contributed by atoms with Gasteiger partial charge in [-0.2, -0.15) is 0 Å². The molecule has 0 spiro atoms. The second-order valence-electron chi connectivity index (χ2n) is 11.2. The van der Waals surface area contributed by atoms with Crippen molar-refractivity contribution in [3.63, 3.8) is 0 Å². The first kappa shape index (κ1) is 17.9. The third-order valence-corrected chi connectivity index (χ3v) is 10.1. The topological polar surface area (TPSA) is 26.3 Å². The van der Waals surface area contributed by atoms with E-state index in [1.807, 2.05) is 24.3 Å². The summed E-state index contributed by atoms with van der Waals surface area (Å²) in [6, 6.07) is 18.6. The van der Waals surface area contributed by atoms with Crippen LogP contribution in [0.4, 0.5) is 0 Å². The Hall–Kier alpha value is -2.61. The van der Waals surface area contributed by atoms with Crippen molar-refractivity contribution in [1.29, 1.82) is 0 Å². The molecule has 0 N–H and O–H groups in total. The summed E-state index contributed by atoms with van der Waals surface area (Å²) in [5.41, 5.74) is 0.753. The van der Waals surface area contributed by atoms with Gasteiger partial charge in [0, 0.05) is 0 Å². The fourth-order valence-corrected chi connectivity index (χ4v) is 9.15. The van der Waals surface area contributed by atoms with E-state index in [2.05, 4.69) is 42.5 Å². The van der Waals surface area contributed by atoms with Crippen LogP contribution in [0.25, 0.3) is 21.5 Å². The molecule has 0 aromatic heterocycles. The number of esters is 1. The lowest BCUT2D eigenvalue weighted by atomic mass is 9.73. The number of allylic oxidation sites excluding steroid dienone is 2. The zero-order chi connectivity index (χ0) is 21.0. The molecule has 3 aromatic rings. The number of benzene rings is 3. The predicted molar refractivity (Wildman–Crippen MR) is 126 cm³/mol. The van der Waals surface area contributed by atoms with Gasteiger partial charge < -0.3 is 4.74 Å². The van der Waals surface area contributed by atoms with Crippen LogP contribution in [0, 0.1) is 47.3 Å². The van der Waals surface area contributed by atoms with Crippen LogP contribution in [0.3, 0.4) is 0 Å². The molecule has 5 aliphatic carbocycles. The largest absolute Gasteiger partial charge is 0.458 e. The van der Waals surface area contributed by atoms with Crippen molar-refractivity contribution in [2.75, 3.05) is 0 Å². The molecule has 4 saturated carbocycles. The summed E-state index contributed by atoms with van der Waals surface area (Å²) in [5.74, 6) is 6.47. The first-order valence-electron chi connectivity index (χ1n) is 12.6. The Labute approximate surface area is 188 Å². The molecule has 9 unspecified atom stereocenters. The van der Waals surface area contributed by atoms with Gasteiger partial charge in [0.1, 0.15) is 6.10 Å². The number of carbonyl (C=O) groups excluding carboxylic acids is 1. The third-order valence-electron chi connectivity index (χ3n) is 10.1. The summed E-state index contributed by atoms with van der Waals surface area (Å²) in [6.45, 7) is 0. The van der Waals surface area contributed by atoms with Crippen LogP contribution in [0.1, 0.15) is 36.0 Å². The molecule has 0 aliphatic heterocycles. The fraction of sp³-hybridized carbons (Fsp3) is 0.433. The molecule has 9 atom stereocenters. The van der Waals surface area contributed by atoms with Crippen molar-refractivity contribution in [3.05, 3.63) is 72.3 Å². The molecule has 32 heavy (non-hydrogen) atoms. The zero-order valence-corrected chi connectivity index (χ0v) is 18.2. The zero-order valence-electron chi connectivity index (χ0n) is 18.2. The molecule has 2 heteroatoms. The van der Waals surface area contributed by atoms with Crippen LogP contribution in [-0.2, 0) is 4.74 Å². The van der Waals surface area contributed by atoms with E-state index >= 15 is 0 Å². The quantitative estimate of drug-likeness (QED) is 0.264. The average molecular weight is 421 g/mol. The number of hydrogen-bond donors (Lipinski definition) is 0. The number of hydrogen-bond acceptors (Lipinski definition) is 2. The minimum absolute atomic E-state index is 0.107. The maximum atomic E-state index is 13.7. The highest BCUT2D eigenvalue weighted by Gasteiger charge is 2.65. The van der Waals surface area contributed by atoms with Gasteiger partial charge in [-0.3, -0.25) is 0 Å². The summed E-state index contributed by atoms with van der Waals surface area (Å²) in [6.07, 6.45) is 10.3. The van der Waals surface area contributed by atoms with E-state index in [4.69, 9.17) is 4.74 Å². The van der Waals surface area contributed by atoms with E-state index in [-0.39, 0.29) is 12.1 Å². The van der Waals surface area contributed by atoms with Crippen molar-refractivity contribution in [1.82, 2.24) is 0 Å². The molecule has 4 fully saturated rings. The molecule has 4 bridgehead atoms. The SMILES string of the molecule is O=C(OC1CC2CC1C1CC3C4C=CC(C4)C3C21)c1c2ccccc2cc2ccccc12. The van der Waals surface area contributed by atoms with Crippen LogP contribution in [-0.4, -0.2) is 12.1 Å². The molecule has 3 aromatic carbocycles. The van der Waals surface area contributed by atoms with Gasteiger partial charge in [0.15, 0.2) is 0 Å². The maximum absolute atomic E-state index is 13.7. The van der Waals surface area contributed by atoms with E-state index in [1.165, 1.54) is 19.3 Å². The Kier molecular flexibility index (Phi) is 3.49. The number of ether oxygens (including phenoxy) is 1. The molecular weight excluding hydrogens is 392 g/mol. The van der Waals surface area contributed by atoms with Crippen LogP contribution in [0.5, 0.6) is 0 Å². The molecule has 5 aliphatic rings. The monoisotopic (exact) mass is 420 g/mol. The van der Waals surface area contributed by atoms with Gasteiger partial charge in [0.25, 0.3) is 0 Å². The van der Waals surface area contributed by atoms with E-state index < -0.39 is 0 Å². The number of rotatable bonds is 2. The summed E-state index contributed by atoms with van der Waals surface area (Å²) >= 11 is 0. The van der Waals surface area contributed by atoms with Gasteiger partial charge in [-0.05, 0) is 101 Å². The van der Waals surface area contributed by atoms with Gasteiger partial charge in [0.05, 0.1) is 5.56 Å². The molecule has 2 nitrogen and oxygen atoms in total. The van der Waals surface area contributed by atoms with Crippen molar-refractivity contribution >= 4 is 27.5 Å². The maximum Gasteiger partial charge on any atom is 0.339 e. The molecule has 0 heterocycles. The van der Waals surface area contributed by atoms with Crippen molar-refractivity contribution in [2.45, 2.75) is 31.8 Å². The lowest BCUT2D eigenvalue weighted by molar-refractivity contribution is -0.00190. The molecular formula is C30H28O2. The minimum atomic E-state index is -0.118. The summed E-state index contributed by atoms with van der Waals surface area (Å²) in [4.78, 5) is 13.7. The predicted octanol–water partition coefficient (Wildman–Crippen LogP) is 6.63. The Morgan fingerprint density at radius 1 is 0.719 bits per heavy atom. The first-order valence-corrected chi connectivity index (χ1v) is 12.6. The van der Waals surface area contributed by atoms with Crippen LogP contribution in [0.15, 0.2) is 66.7 Å². The van der Waals surface area contributed by atoms with E-state index in [1.54, 1.807) is 0 Å². The molecule has 160 valence electrons. The third kappa shape index (κ3) is 2.23. The Morgan fingerprint density at radius 2 is 1.44 bits per heavy atom. The van der Waals surface area contributed by atoms with Crippen LogP contribution in [0.2, 0.25) is 0 Å². The summed E-state index contributed by atoms with van der Waals surface area (Å²) in [5, 5.41) is 4.24. The smallest absolute Gasteiger partial charge is 0.339 e.